The summed E-state index contributed by atoms with van der Waals surface area (Å²) in [5, 5.41) is 0.674. The Morgan fingerprint density at radius 2 is 1.76 bits per heavy atom. The molecule has 0 aliphatic rings. The molecular formula is C17H19ClO3. The van der Waals surface area contributed by atoms with Crippen molar-refractivity contribution in [3.05, 3.63) is 53.1 Å². The number of hydrogen-bond donors (Lipinski definition) is 0. The van der Waals surface area contributed by atoms with E-state index in [4.69, 9.17) is 25.8 Å². The van der Waals surface area contributed by atoms with Gasteiger partial charge < -0.3 is 14.2 Å². The van der Waals surface area contributed by atoms with Crippen LogP contribution in [0.25, 0.3) is 0 Å². The average Bonchev–Trinajstić information content (AvgIpc) is 2.48. The van der Waals surface area contributed by atoms with Gasteiger partial charge in [0.1, 0.15) is 5.75 Å². The molecule has 112 valence electrons. The van der Waals surface area contributed by atoms with Gasteiger partial charge in [-0.15, -0.1) is 0 Å². The number of halogens is 1. The Morgan fingerprint density at radius 1 is 0.952 bits per heavy atom. The molecule has 2 aromatic rings. The number of rotatable bonds is 7. The van der Waals surface area contributed by atoms with Gasteiger partial charge in [0, 0.05) is 11.4 Å². The van der Waals surface area contributed by atoms with Crippen LogP contribution in [0.5, 0.6) is 17.2 Å². The summed E-state index contributed by atoms with van der Waals surface area (Å²) < 4.78 is 16.6. The molecule has 0 fully saturated rings. The van der Waals surface area contributed by atoms with E-state index < -0.39 is 0 Å². The second-order valence-corrected chi connectivity index (χ2v) is 5.10. The molecule has 0 N–H and O–H groups in total. The van der Waals surface area contributed by atoms with E-state index in [1.807, 2.05) is 43.3 Å². The lowest BCUT2D eigenvalue weighted by Crippen LogP contribution is -2.05. The van der Waals surface area contributed by atoms with Crippen molar-refractivity contribution in [2.24, 2.45) is 0 Å². The molecule has 2 rings (SSSR count). The fraction of sp³-hybridized carbons (Fsp3) is 0.294. The Bertz CT molecular complexity index is 584. The molecule has 0 amide bonds. The number of methoxy groups -OCH3 is 1. The molecule has 0 aliphatic heterocycles. The largest absolute Gasteiger partial charge is 0.493 e. The minimum Gasteiger partial charge on any atom is -0.493 e. The second-order valence-electron chi connectivity index (χ2n) is 4.66. The van der Waals surface area contributed by atoms with Crippen LogP contribution in [0, 0.1) is 6.92 Å². The summed E-state index contributed by atoms with van der Waals surface area (Å²) in [6.07, 6.45) is 0.781. The SMILES string of the molecule is COc1cc(C)ccc1OCCCOc1cccc(Cl)c1. The van der Waals surface area contributed by atoms with Gasteiger partial charge in [0.05, 0.1) is 20.3 Å². The maximum atomic E-state index is 5.89. The van der Waals surface area contributed by atoms with E-state index in [0.29, 0.717) is 18.2 Å². The topological polar surface area (TPSA) is 27.7 Å². The molecule has 21 heavy (non-hydrogen) atoms. The van der Waals surface area contributed by atoms with Crippen LogP contribution >= 0.6 is 11.6 Å². The number of hydrogen-bond acceptors (Lipinski definition) is 3. The first-order valence-electron chi connectivity index (χ1n) is 6.85. The third-order valence-corrected chi connectivity index (χ3v) is 3.17. The van der Waals surface area contributed by atoms with Crippen LogP contribution in [-0.4, -0.2) is 20.3 Å². The van der Waals surface area contributed by atoms with E-state index in [-0.39, 0.29) is 0 Å². The molecule has 0 atom stereocenters. The Labute approximate surface area is 130 Å². The first-order chi connectivity index (χ1) is 10.2. The maximum absolute atomic E-state index is 5.89. The fourth-order valence-corrected chi connectivity index (χ4v) is 2.06. The van der Waals surface area contributed by atoms with Gasteiger partial charge in [-0.05, 0) is 42.8 Å². The van der Waals surface area contributed by atoms with Crippen LogP contribution in [0.4, 0.5) is 0 Å². The minimum absolute atomic E-state index is 0.569. The predicted molar refractivity (Wildman–Crippen MR) is 84.8 cm³/mol. The lowest BCUT2D eigenvalue weighted by atomic mass is 10.2. The van der Waals surface area contributed by atoms with Gasteiger partial charge in [-0.25, -0.2) is 0 Å². The van der Waals surface area contributed by atoms with Gasteiger partial charge in [0.15, 0.2) is 11.5 Å². The first kappa shape index (κ1) is 15.5. The van der Waals surface area contributed by atoms with Gasteiger partial charge in [-0.1, -0.05) is 23.7 Å². The molecule has 4 heteroatoms. The lowest BCUT2D eigenvalue weighted by Gasteiger charge is -2.11. The molecule has 0 unspecified atom stereocenters. The van der Waals surface area contributed by atoms with E-state index in [1.54, 1.807) is 13.2 Å². The van der Waals surface area contributed by atoms with Gasteiger partial charge in [0.2, 0.25) is 0 Å². The molecular weight excluding hydrogens is 288 g/mol. The smallest absolute Gasteiger partial charge is 0.161 e. The average molecular weight is 307 g/mol. The highest BCUT2D eigenvalue weighted by Gasteiger charge is 2.04. The third-order valence-electron chi connectivity index (χ3n) is 2.93. The summed E-state index contributed by atoms with van der Waals surface area (Å²) in [5.74, 6) is 2.28. The normalized spacial score (nSPS) is 10.2. The van der Waals surface area contributed by atoms with Crippen LogP contribution in [0.15, 0.2) is 42.5 Å². The first-order valence-corrected chi connectivity index (χ1v) is 7.22. The Balaban J connectivity index is 1.75. The molecule has 0 bridgehead atoms. The van der Waals surface area contributed by atoms with Crippen LogP contribution in [0.1, 0.15) is 12.0 Å². The van der Waals surface area contributed by atoms with Crippen molar-refractivity contribution in [1.82, 2.24) is 0 Å². The molecule has 0 heterocycles. The molecule has 0 saturated carbocycles. The van der Waals surface area contributed by atoms with Crippen LogP contribution in [0.2, 0.25) is 5.02 Å². The zero-order chi connectivity index (χ0) is 15.1. The Kier molecular flexibility index (Phi) is 5.76. The lowest BCUT2D eigenvalue weighted by molar-refractivity contribution is 0.240. The summed E-state index contributed by atoms with van der Waals surface area (Å²) in [7, 11) is 1.64. The zero-order valence-electron chi connectivity index (χ0n) is 12.3. The van der Waals surface area contributed by atoms with E-state index in [1.165, 1.54) is 0 Å². The molecule has 0 aliphatic carbocycles. The standard InChI is InChI=1S/C17H19ClO3/c1-13-7-8-16(17(11-13)19-2)21-10-4-9-20-15-6-3-5-14(18)12-15/h3,5-8,11-12H,4,9-10H2,1-2H3. The Hall–Kier alpha value is -1.87. The van der Waals surface area contributed by atoms with Crippen molar-refractivity contribution in [3.63, 3.8) is 0 Å². The summed E-state index contributed by atoms with van der Waals surface area (Å²) in [6.45, 7) is 3.17. The van der Waals surface area contributed by atoms with Crippen molar-refractivity contribution in [2.75, 3.05) is 20.3 Å². The Morgan fingerprint density at radius 3 is 2.52 bits per heavy atom. The highest BCUT2D eigenvalue weighted by molar-refractivity contribution is 6.30. The van der Waals surface area contributed by atoms with Crippen molar-refractivity contribution in [1.29, 1.82) is 0 Å². The summed E-state index contributed by atoms with van der Waals surface area (Å²) in [4.78, 5) is 0. The molecule has 2 aromatic carbocycles. The maximum Gasteiger partial charge on any atom is 0.161 e. The van der Waals surface area contributed by atoms with E-state index in [2.05, 4.69) is 0 Å². The third kappa shape index (κ3) is 4.87. The quantitative estimate of drug-likeness (QED) is 0.705. The van der Waals surface area contributed by atoms with Crippen molar-refractivity contribution in [3.8, 4) is 17.2 Å². The van der Waals surface area contributed by atoms with Gasteiger partial charge in [-0.3, -0.25) is 0 Å². The fourth-order valence-electron chi connectivity index (χ4n) is 1.88. The van der Waals surface area contributed by atoms with Crippen molar-refractivity contribution >= 4 is 11.6 Å². The van der Waals surface area contributed by atoms with Crippen molar-refractivity contribution < 1.29 is 14.2 Å². The summed E-state index contributed by atoms with van der Waals surface area (Å²) in [6, 6.07) is 13.2. The molecule has 0 spiro atoms. The monoisotopic (exact) mass is 306 g/mol. The van der Waals surface area contributed by atoms with Crippen molar-refractivity contribution in [2.45, 2.75) is 13.3 Å². The van der Waals surface area contributed by atoms with Gasteiger partial charge >= 0.3 is 0 Å². The number of benzene rings is 2. The predicted octanol–water partition coefficient (Wildman–Crippen LogP) is 4.50. The highest BCUT2D eigenvalue weighted by Crippen LogP contribution is 2.27. The van der Waals surface area contributed by atoms with Crippen LogP contribution < -0.4 is 14.2 Å². The number of aryl methyl sites for hydroxylation is 1. The minimum atomic E-state index is 0.569. The molecule has 0 saturated heterocycles. The highest BCUT2D eigenvalue weighted by atomic mass is 35.5. The van der Waals surface area contributed by atoms with Crippen LogP contribution in [-0.2, 0) is 0 Å². The second kappa shape index (κ2) is 7.79. The molecule has 0 radical (unpaired) electrons. The zero-order valence-corrected chi connectivity index (χ0v) is 13.0. The van der Waals surface area contributed by atoms with Crippen LogP contribution in [0.3, 0.4) is 0 Å². The number of ether oxygens (including phenoxy) is 3. The summed E-state index contributed by atoms with van der Waals surface area (Å²) >= 11 is 5.89. The molecule has 3 nitrogen and oxygen atoms in total. The van der Waals surface area contributed by atoms with Gasteiger partial charge in [-0.2, -0.15) is 0 Å². The van der Waals surface area contributed by atoms with E-state index in [9.17, 15) is 0 Å². The summed E-state index contributed by atoms with van der Waals surface area (Å²) in [5.41, 5.74) is 1.14. The van der Waals surface area contributed by atoms with E-state index in [0.717, 1.165) is 29.2 Å². The molecule has 0 aromatic heterocycles. The van der Waals surface area contributed by atoms with E-state index >= 15 is 0 Å². The van der Waals surface area contributed by atoms with Gasteiger partial charge in [0.25, 0.3) is 0 Å².